The molecule has 20 heavy (non-hydrogen) atoms. The molecule has 0 atom stereocenters. The normalized spacial score (nSPS) is 10.4. The zero-order valence-electron chi connectivity index (χ0n) is 11.1. The van der Waals surface area contributed by atoms with Crippen molar-refractivity contribution in [2.75, 3.05) is 0 Å². The van der Waals surface area contributed by atoms with Crippen molar-refractivity contribution in [2.45, 2.75) is 6.42 Å². The molecule has 0 saturated heterocycles. The molecule has 2 heteroatoms. The summed E-state index contributed by atoms with van der Waals surface area (Å²) in [5.74, 6) is 0.320. The zero-order chi connectivity index (χ0) is 13.8. The Kier molecular flexibility index (Phi) is 3.46. The molecule has 0 aliphatic carbocycles. The molecule has 98 valence electrons. The summed E-state index contributed by atoms with van der Waals surface area (Å²) in [6, 6.07) is 22.1. The van der Waals surface area contributed by atoms with Crippen LogP contribution in [0, 0.1) is 0 Å². The quantitative estimate of drug-likeness (QED) is 0.720. The molecule has 0 amide bonds. The molecule has 1 aromatic heterocycles. The van der Waals surface area contributed by atoms with Crippen LogP contribution in [0.15, 0.2) is 79.1 Å². The fraction of sp³-hybridized carbons (Fsp3) is 0.0556. The van der Waals surface area contributed by atoms with Gasteiger partial charge in [-0.2, -0.15) is 4.57 Å². The maximum atomic E-state index is 10.2. The van der Waals surface area contributed by atoms with Gasteiger partial charge in [0.05, 0.1) is 0 Å². The predicted molar refractivity (Wildman–Crippen MR) is 78.9 cm³/mol. The lowest BCUT2D eigenvalue weighted by atomic mass is 10.1. The molecule has 0 fully saturated rings. The molecule has 1 heterocycles. The topological polar surface area (TPSA) is 24.1 Å². The number of pyridine rings is 1. The van der Waals surface area contributed by atoms with Gasteiger partial charge in [0.2, 0.25) is 11.9 Å². The fourth-order valence-corrected chi connectivity index (χ4v) is 2.24. The number of hydrogen-bond donors (Lipinski definition) is 1. The van der Waals surface area contributed by atoms with Crippen molar-refractivity contribution < 1.29 is 9.67 Å². The highest BCUT2D eigenvalue weighted by Crippen LogP contribution is 2.18. The third kappa shape index (κ3) is 2.69. The molecule has 0 bridgehead atoms. The van der Waals surface area contributed by atoms with Crippen LogP contribution in [0.25, 0.3) is 5.69 Å². The standard InChI is InChI=1S/C18H15NO/c20-18-14-19(17-9-5-2-6-10-17)12-11-16(18)13-15-7-3-1-4-8-15/h1-12,14H,13H2/p+1. The van der Waals surface area contributed by atoms with Gasteiger partial charge >= 0.3 is 0 Å². The highest BCUT2D eigenvalue weighted by Gasteiger charge is 2.10. The Morgan fingerprint density at radius 1 is 0.800 bits per heavy atom. The lowest BCUT2D eigenvalue weighted by Crippen LogP contribution is -2.29. The van der Waals surface area contributed by atoms with E-state index >= 15 is 0 Å². The monoisotopic (exact) mass is 262 g/mol. The van der Waals surface area contributed by atoms with Crippen molar-refractivity contribution in [3.63, 3.8) is 0 Å². The molecule has 0 spiro atoms. The highest BCUT2D eigenvalue weighted by molar-refractivity contribution is 5.33. The van der Waals surface area contributed by atoms with E-state index in [9.17, 15) is 5.11 Å². The second-order valence-electron chi connectivity index (χ2n) is 4.76. The molecular formula is C18H16NO+. The number of benzene rings is 2. The summed E-state index contributed by atoms with van der Waals surface area (Å²) in [5, 5.41) is 10.2. The molecule has 2 nitrogen and oxygen atoms in total. The molecule has 0 radical (unpaired) electrons. The van der Waals surface area contributed by atoms with Gasteiger partial charge in [-0.3, -0.25) is 0 Å². The van der Waals surface area contributed by atoms with Gasteiger partial charge in [-0.1, -0.05) is 48.5 Å². The van der Waals surface area contributed by atoms with Gasteiger partial charge in [0.1, 0.15) is 0 Å². The van der Waals surface area contributed by atoms with Crippen molar-refractivity contribution in [1.29, 1.82) is 0 Å². The number of rotatable bonds is 3. The third-order valence-electron chi connectivity index (χ3n) is 3.32. The van der Waals surface area contributed by atoms with E-state index in [0.29, 0.717) is 5.75 Å². The number of aromatic hydroxyl groups is 1. The Morgan fingerprint density at radius 2 is 1.45 bits per heavy atom. The largest absolute Gasteiger partial charge is 0.502 e. The van der Waals surface area contributed by atoms with E-state index in [-0.39, 0.29) is 0 Å². The average Bonchev–Trinajstić information content (AvgIpc) is 2.51. The lowest BCUT2D eigenvalue weighted by molar-refractivity contribution is -0.596. The Labute approximate surface area is 118 Å². The molecule has 0 unspecified atom stereocenters. The van der Waals surface area contributed by atoms with Crippen molar-refractivity contribution in [1.82, 2.24) is 0 Å². The van der Waals surface area contributed by atoms with Crippen LogP contribution in [0.1, 0.15) is 11.1 Å². The smallest absolute Gasteiger partial charge is 0.217 e. The molecule has 3 aromatic rings. The van der Waals surface area contributed by atoms with Crippen molar-refractivity contribution in [2.24, 2.45) is 0 Å². The van der Waals surface area contributed by atoms with Crippen LogP contribution in [0.5, 0.6) is 5.75 Å². The van der Waals surface area contributed by atoms with E-state index < -0.39 is 0 Å². The van der Waals surface area contributed by atoms with Gasteiger partial charge in [0, 0.05) is 30.2 Å². The molecule has 2 aromatic carbocycles. The molecular weight excluding hydrogens is 246 g/mol. The molecule has 1 N–H and O–H groups in total. The summed E-state index contributed by atoms with van der Waals surface area (Å²) < 4.78 is 1.92. The van der Waals surface area contributed by atoms with Gasteiger partial charge in [0.15, 0.2) is 11.9 Å². The minimum Gasteiger partial charge on any atom is -0.502 e. The molecule has 3 rings (SSSR count). The van der Waals surface area contributed by atoms with E-state index in [4.69, 9.17) is 0 Å². The van der Waals surface area contributed by atoms with Gasteiger partial charge in [0.25, 0.3) is 0 Å². The minimum absolute atomic E-state index is 0.320. The van der Waals surface area contributed by atoms with Gasteiger partial charge in [-0.15, -0.1) is 0 Å². The first-order valence-corrected chi connectivity index (χ1v) is 6.65. The second kappa shape index (κ2) is 5.57. The maximum Gasteiger partial charge on any atom is 0.217 e. The van der Waals surface area contributed by atoms with Crippen LogP contribution in [0.3, 0.4) is 0 Å². The highest BCUT2D eigenvalue weighted by atomic mass is 16.3. The van der Waals surface area contributed by atoms with E-state index in [1.165, 1.54) is 5.56 Å². The first kappa shape index (κ1) is 12.4. The van der Waals surface area contributed by atoms with Gasteiger partial charge in [-0.25, -0.2) is 0 Å². The summed E-state index contributed by atoms with van der Waals surface area (Å²) in [6.45, 7) is 0. The van der Waals surface area contributed by atoms with Crippen LogP contribution >= 0.6 is 0 Å². The summed E-state index contributed by atoms with van der Waals surface area (Å²) in [5.41, 5.74) is 3.16. The minimum atomic E-state index is 0.320. The average molecular weight is 262 g/mol. The van der Waals surface area contributed by atoms with Crippen LogP contribution in [0.4, 0.5) is 0 Å². The first-order valence-electron chi connectivity index (χ1n) is 6.65. The number of para-hydroxylation sites is 1. The molecule has 0 saturated carbocycles. The van der Waals surface area contributed by atoms with Gasteiger partial charge in [-0.05, 0) is 5.56 Å². The Hall–Kier alpha value is -2.61. The maximum absolute atomic E-state index is 10.2. The van der Waals surface area contributed by atoms with Crippen molar-refractivity contribution in [3.05, 3.63) is 90.3 Å². The summed E-state index contributed by atoms with van der Waals surface area (Å²) >= 11 is 0. The lowest BCUT2D eigenvalue weighted by Gasteiger charge is -2.04. The SMILES string of the molecule is Oc1c[n+](-c2ccccc2)ccc1Cc1ccccc1. The summed E-state index contributed by atoms with van der Waals surface area (Å²) in [7, 11) is 0. The second-order valence-corrected chi connectivity index (χ2v) is 4.76. The fourth-order valence-electron chi connectivity index (χ4n) is 2.24. The van der Waals surface area contributed by atoms with Crippen LogP contribution < -0.4 is 4.57 Å². The van der Waals surface area contributed by atoms with Crippen molar-refractivity contribution in [3.8, 4) is 11.4 Å². The van der Waals surface area contributed by atoms with E-state index in [2.05, 4.69) is 12.1 Å². The summed E-state index contributed by atoms with van der Waals surface area (Å²) in [6.07, 6.45) is 4.48. The zero-order valence-corrected chi connectivity index (χ0v) is 11.1. The first-order chi connectivity index (χ1) is 9.83. The Bertz CT molecular complexity index is 693. The number of hydrogen-bond acceptors (Lipinski definition) is 1. The third-order valence-corrected chi connectivity index (χ3v) is 3.32. The van der Waals surface area contributed by atoms with E-state index in [1.54, 1.807) is 6.20 Å². The van der Waals surface area contributed by atoms with E-state index in [1.807, 2.05) is 65.4 Å². The van der Waals surface area contributed by atoms with Crippen LogP contribution in [-0.4, -0.2) is 5.11 Å². The number of nitrogens with zero attached hydrogens (tertiary/aromatic N) is 1. The van der Waals surface area contributed by atoms with Crippen LogP contribution in [0.2, 0.25) is 0 Å². The Morgan fingerprint density at radius 3 is 2.10 bits per heavy atom. The van der Waals surface area contributed by atoms with E-state index in [0.717, 1.165) is 17.7 Å². The predicted octanol–water partition coefficient (Wildman–Crippen LogP) is 3.26. The summed E-state index contributed by atoms with van der Waals surface area (Å²) in [4.78, 5) is 0. The number of aromatic nitrogens is 1. The molecule has 0 aliphatic heterocycles. The molecule has 0 aliphatic rings. The van der Waals surface area contributed by atoms with Gasteiger partial charge < -0.3 is 5.11 Å². The van der Waals surface area contributed by atoms with Crippen molar-refractivity contribution >= 4 is 0 Å². The van der Waals surface area contributed by atoms with Crippen LogP contribution in [-0.2, 0) is 6.42 Å². The Balaban J connectivity index is 1.89.